The summed E-state index contributed by atoms with van der Waals surface area (Å²) in [4.78, 5) is 13.0. The first-order chi connectivity index (χ1) is 11.0. The van der Waals surface area contributed by atoms with E-state index in [4.69, 9.17) is 4.74 Å². The number of amides is 1. The molecule has 1 amide bonds. The molecule has 3 nitrogen and oxygen atoms in total. The number of carbonyl (C=O) groups excluding carboxylic acids is 1. The van der Waals surface area contributed by atoms with Crippen molar-refractivity contribution in [2.75, 3.05) is 18.9 Å². The van der Waals surface area contributed by atoms with Crippen LogP contribution in [0.1, 0.15) is 11.1 Å². The molecule has 5 heteroatoms. The van der Waals surface area contributed by atoms with Crippen LogP contribution >= 0.6 is 27.7 Å². The number of carbonyl (C=O) groups is 1. The molecule has 0 aromatic heterocycles. The Labute approximate surface area is 149 Å². The van der Waals surface area contributed by atoms with Gasteiger partial charge in [0.1, 0.15) is 5.75 Å². The number of hydrogen-bond donors (Lipinski definition) is 1. The number of hydrogen-bond acceptors (Lipinski definition) is 3. The molecule has 2 aromatic carbocycles. The second kappa shape index (κ2) is 8.99. The zero-order chi connectivity index (χ0) is 16.7. The van der Waals surface area contributed by atoms with Gasteiger partial charge in [0.2, 0.25) is 0 Å². The van der Waals surface area contributed by atoms with Gasteiger partial charge in [0.15, 0.2) is 6.61 Å². The SMILES string of the molecule is Cc1ccc(SCCNC(=O)COc2ccc(Br)c(C)c2)cc1. The first-order valence-corrected chi connectivity index (χ1v) is 9.17. The zero-order valence-corrected chi connectivity index (χ0v) is 15.7. The van der Waals surface area contributed by atoms with E-state index in [1.54, 1.807) is 11.8 Å². The van der Waals surface area contributed by atoms with Gasteiger partial charge in [-0.2, -0.15) is 0 Å². The lowest BCUT2D eigenvalue weighted by molar-refractivity contribution is -0.122. The summed E-state index contributed by atoms with van der Waals surface area (Å²) in [5.41, 5.74) is 2.33. The van der Waals surface area contributed by atoms with E-state index < -0.39 is 0 Å². The second-order valence-corrected chi connectivity index (χ2v) is 7.23. The molecule has 0 aliphatic carbocycles. The highest BCUT2D eigenvalue weighted by Crippen LogP contribution is 2.21. The minimum Gasteiger partial charge on any atom is -0.484 e. The lowest BCUT2D eigenvalue weighted by Crippen LogP contribution is -2.30. The smallest absolute Gasteiger partial charge is 0.257 e. The third-order valence-electron chi connectivity index (χ3n) is 3.21. The van der Waals surface area contributed by atoms with Crippen molar-refractivity contribution < 1.29 is 9.53 Å². The standard InChI is InChI=1S/C18H20BrNO2S/c1-13-3-6-16(7-4-13)23-10-9-20-18(21)12-22-15-5-8-17(19)14(2)11-15/h3-8,11H,9-10,12H2,1-2H3,(H,20,21). The van der Waals surface area contributed by atoms with Crippen molar-refractivity contribution in [3.05, 3.63) is 58.1 Å². The summed E-state index contributed by atoms with van der Waals surface area (Å²) in [5, 5.41) is 2.87. The predicted molar refractivity (Wildman–Crippen MR) is 99.3 cm³/mol. The van der Waals surface area contributed by atoms with Crippen molar-refractivity contribution in [1.29, 1.82) is 0 Å². The Kier molecular flexibility index (Phi) is 6.99. The monoisotopic (exact) mass is 393 g/mol. The lowest BCUT2D eigenvalue weighted by atomic mass is 10.2. The van der Waals surface area contributed by atoms with Crippen molar-refractivity contribution in [3.8, 4) is 5.75 Å². The van der Waals surface area contributed by atoms with Crippen molar-refractivity contribution >= 4 is 33.6 Å². The number of thioether (sulfide) groups is 1. The fraction of sp³-hybridized carbons (Fsp3) is 0.278. The number of ether oxygens (including phenoxy) is 1. The Morgan fingerprint density at radius 3 is 2.61 bits per heavy atom. The summed E-state index contributed by atoms with van der Waals surface area (Å²) in [5.74, 6) is 1.44. The topological polar surface area (TPSA) is 38.3 Å². The van der Waals surface area contributed by atoms with Gasteiger partial charge < -0.3 is 10.1 Å². The van der Waals surface area contributed by atoms with Crippen LogP contribution in [0.5, 0.6) is 5.75 Å². The Hall–Kier alpha value is -1.46. The van der Waals surface area contributed by atoms with Crippen LogP contribution in [0, 0.1) is 13.8 Å². The van der Waals surface area contributed by atoms with Gasteiger partial charge in [0, 0.05) is 21.7 Å². The molecule has 0 fully saturated rings. The van der Waals surface area contributed by atoms with Crippen LogP contribution in [0.2, 0.25) is 0 Å². The third-order valence-corrected chi connectivity index (χ3v) is 5.12. The normalized spacial score (nSPS) is 10.4. The van der Waals surface area contributed by atoms with E-state index in [2.05, 4.69) is 52.4 Å². The van der Waals surface area contributed by atoms with Gasteiger partial charge in [-0.1, -0.05) is 33.6 Å². The average Bonchev–Trinajstić information content (AvgIpc) is 2.54. The Morgan fingerprint density at radius 1 is 1.17 bits per heavy atom. The molecule has 0 radical (unpaired) electrons. The lowest BCUT2D eigenvalue weighted by Gasteiger charge is -2.08. The maximum absolute atomic E-state index is 11.8. The fourth-order valence-corrected chi connectivity index (χ4v) is 2.92. The van der Waals surface area contributed by atoms with E-state index in [0.717, 1.165) is 15.8 Å². The molecule has 0 atom stereocenters. The number of halogens is 1. The molecule has 0 saturated carbocycles. The van der Waals surface area contributed by atoms with E-state index in [-0.39, 0.29) is 12.5 Å². The quantitative estimate of drug-likeness (QED) is 0.561. The molecule has 23 heavy (non-hydrogen) atoms. The van der Waals surface area contributed by atoms with Gasteiger partial charge in [0.25, 0.3) is 5.91 Å². The molecule has 0 saturated heterocycles. The number of aryl methyl sites for hydroxylation is 2. The first kappa shape index (κ1) is 17.9. The highest BCUT2D eigenvalue weighted by molar-refractivity contribution is 9.10. The van der Waals surface area contributed by atoms with Crippen molar-refractivity contribution in [1.82, 2.24) is 5.32 Å². The van der Waals surface area contributed by atoms with Crippen molar-refractivity contribution in [2.45, 2.75) is 18.7 Å². The van der Waals surface area contributed by atoms with Crippen molar-refractivity contribution in [2.24, 2.45) is 0 Å². The van der Waals surface area contributed by atoms with E-state index in [9.17, 15) is 4.79 Å². The molecule has 0 aliphatic heterocycles. The number of nitrogens with one attached hydrogen (secondary N) is 1. The number of rotatable bonds is 7. The summed E-state index contributed by atoms with van der Waals surface area (Å²) in [7, 11) is 0. The van der Waals surface area contributed by atoms with E-state index in [1.807, 2.05) is 25.1 Å². The van der Waals surface area contributed by atoms with Crippen LogP contribution < -0.4 is 10.1 Å². The predicted octanol–water partition coefficient (Wildman–Crippen LogP) is 4.35. The second-order valence-electron chi connectivity index (χ2n) is 5.21. The maximum atomic E-state index is 11.8. The van der Waals surface area contributed by atoms with Crippen LogP contribution in [0.4, 0.5) is 0 Å². The molecule has 1 N–H and O–H groups in total. The third kappa shape index (κ3) is 6.28. The largest absolute Gasteiger partial charge is 0.484 e. The summed E-state index contributed by atoms with van der Waals surface area (Å²) in [6.45, 7) is 4.72. The van der Waals surface area contributed by atoms with Crippen LogP contribution in [0.15, 0.2) is 51.8 Å². The zero-order valence-electron chi connectivity index (χ0n) is 13.3. The van der Waals surface area contributed by atoms with E-state index in [1.165, 1.54) is 10.5 Å². The molecule has 0 aliphatic rings. The Bertz CT molecular complexity index is 659. The first-order valence-electron chi connectivity index (χ1n) is 7.40. The highest BCUT2D eigenvalue weighted by Gasteiger charge is 2.04. The molecule has 0 unspecified atom stereocenters. The minimum absolute atomic E-state index is 0.0380. The summed E-state index contributed by atoms with van der Waals surface area (Å²) in [6.07, 6.45) is 0. The summed E-state index contributed by atoms with van der Waals surface area (Å²) in [6, 6.07) is 14.1. The fourth-order valence-electron chi connectivity index (χ4n) is 1.90. The van der Waals surface area contributed by atoms with Crippen LogP contribution in [0.25, 0.3) is 0 Å². The molecular weight excluding hydrogens is 374 g/mol. The molecule has 2 aromatic rings. The summed E-state index contributed by atoms with van der Waals surface area (Å²) < 4.78 is 6.52. The minimum atomic E-state index is -0.102. The maximum Gasteiger partial charge on any atom is 0.257 e. The molecule has 122 valence electrons. The molecule has 0 spiro atoms. The van der Waals surface area contributed by atoms with E-state index in [0.29, 0.717) is 12.3 Å². The van der Waals surface area contributed by atoms with Gasteiger partial charge in [-0.05, 0) is 49.7 Å². The van der Waals surface area contributed by atoms with Crippen LogP contribution in [-0.4, -0.2) is 24.8 Å². The van der Waals surface area contributed by atoms with Gasteiger partial charge >= 0.3 is 0 Å². The number of benzene rings is 2. The van der Waals surface area contributed by atoms with Gasteiger partial charge in [-0.25, -0.2) is 0 Å². The van der Waals surface area contributed by atoms with E-state index >= 15 is 0 Å². The highest BCUT2D eigenvalue weighted by atomic mass is 79.9. The van der Waals surface area contributed by atoms with Gasteiger partial charge in [-0.3, -0.25) is 4.79 Å². The van der Waals surface area contributed by atoms with Crippen molar-refractivity contribution in [3.63, 3.8) is 0 Å². The van der Waals surface area contributed by atoms with Crippen LogP contribution in [0.3, 0.4) is 0 Å². The molecule has 0 heterocycles. The average molecular weight is 394 g/mol. The van der Waals surface area contributed by atoms with Gasteiger partial charge in [-0.15, -0.1) is 11.8 Å². The summed E-state index contributed by atoms with van der Waals surface area (Å²) >= 11 is 5.17. The van der Waals surface area contributed by atoms with Crippen LogP contribution in [-0.2, 0) is 4.79 Å². The van der Waals surface area contributed by atoms with Gasteiger partial charge in [0.05, 0.1) is 0 Å². The Morgan fingerprint density at radius 2 is 1.91 bits per heavy atom. The molecule has 2 rings (SSSR count). The molecule has 0 bridgehead atoms. The Balaban J connectivity index is 1.65. The molecular formula is C18H20BrNO2S.